The van der Waals surface area contributed by atoms with Crippen LogP contribution in [0.15, 0.2) is 0 Å². The van der Waals surface area contributed by atoms with Crippen molar-refractivity contribution in [3.63, 3.8) is 0 Å². The Balaban J connectivity index is 3.69. The van der Waals surface area contributed by atoms with E-state index in [0.29, 0.717) is 0 Å². The first-order valence-electron chi connectivity index (χ1n) is 4.39. The van der Waals surface area contributed by atoms with Gasteiger partial charge in [-0.15, -0.1) is 4.90 Å². The number of hydrogen-bond donors (Lipinski definition) is 0. The number of halogens is 13. The Hall–Kier alpha value is -0.990. The molecule has 0 amide bonds. The largest absolute Gasteiger partial charge is 0.469 e. The van der Waals surface area contributed by atoms with E-state index in [1.165, 1.54) is 0 Å². The molecule has 126 valence electrons. The van der Waals surface area contributed by atoms with Gasteiger partial charge in [-0.05, 0) is 0 Å². The summed E-state index contributed by atoms with van der Waals surface area (Å²) in [6.45, 7) is -5.30. The molecule has 0 N–H and O–H groups in total. The molecule has 0 saturated carbocycles. The fraction of sp³-hybridized carbons (Fsp3) is 1.00. The summed E-state index contributed by atoms with van der Waals surface area (Å²) in [5.41, 5.74) is 0. The smallest absolute Gasteiger partial charge is 0.191 e. The lowest BCUT2D eigenvalue weighted by Crippen LogP contribution is -2.83. The quantitative estimate of drug-likeness (QED) is 0.527. The monoisotopic (exact) mass is 348 g/mol. The van der Waals surface area contributed by atoms with E-state index in [4.69, 9.17) is 0 Å². The van der Waals surface area contributed by atoms with Gasteiger partial charge >= 0.3 is 37.0 Å². The lowest BCUT2D eigenvalue weighted by molar-refractivity contribution is -0.562. The minimum Gasteiger partial charge on any atom is -0.191 e. The Morgan fingerprint density at radius 3 is 1.10 bits per heavy atom. The highest BCUT2D eigenvalue weighted by molar-refractivity contribution is 5.03. The first kappa shape index (κ1) is 18.1. The lowest BCUT2D eigenvalue weighted by Gasteiger charge is -2.52. The first-order chi connectivity index (χ1) is 8.93. The highest BCUT2D eigenvalue weighted by Gasteiger charge is 2.90. The van der Waals surface area contributed by atoms with E-state index in [-0.39, 0.29) is 0 Å². The molecule has 1 aliphatic rings. The number of rotatable bonds is 1. The van der Waals surface area contributed by atoms with Crippen molar-refractivity contribution in [1.82, 2.24) is 9.80 Å². The van der Waals surface area contributed by atoms with E-state index in [2.05, 4.69) is 0 Å². The van der Waals surface area contributed by atoms with Crippen LogP contribution < -0.4 is 0 Å². The molecule has 0 aromatic rings. The summed E-state index contributed by atoms with van der Waals surface area (Å²) in [6, 6.07) is -28.1. The Bertz CT molecular complexity index is 383. The SMILES string of the molecule is FC(F)N1C(F)(F)C(F)(F)N(C(F)(F)F)C(F)(F)C1(F)F. The molecule has 0 unspecified atom stereocenters. The Morgan fingerprint density at radius 1 is 0.619 bits per heavy atom. The van der Waals surface area contributed by atoms with Gasteiger partial charge in [0.05, 0.1) is 0 Å². The van der Waals surface area contributed by atoms with Gasteiger partial charge in [0, 0.05) is 0 Å². The first-order valence-corrected chi connectivity index (χ1v) is 4.39. The van der Waals surface area contributed by atoms with Crippen LogP contribution in [-0.2, 0) is 0 Å². The molecule has 0 radical (unpaired) electrons. The predicted molar refractivity (Wildman–Crippen MR) is 35.5 cm³/mol. The highest BCUT2D eigenvalue weighted by atomic mass is 19.4. The molecule has 0 bridgehead atoms. The average molecular weight is 348 g/mol. The van der Waals surface area contributed by atoms with Gasteiger partial charge < -0.3 is 0 Å². The van der Waals surface area contributed by atoms with Crippen LogP contribution in [0.2, 0.25) is 0 Å². The van der Waals surface area contributed by atoms with Crippen LogP contribution in [0.4, 0.5) is 57.1 Å². The summed E-state index contributed by atoms with van der Waals surface area (Å²) < 4.78 is 163. The van der Waals surface area contributed by atoms with Crippen molar-refractivity contribution in [3.8, 4) is 0 Å². The zero-order valence-electron chi connectivity index (χ0n) is 8.89. The van der Waals surface area contributed by atoms with Crippen molar-refractivity contribution in [2.24, 2.45) is 0 Å². The summed E-state index contributed by atoms with van der Waals surface area (Å²) in [5.74, 6) is 0. The second kappa shape index (κ2) is 4.27. The topological polar surface area (TPSA) is 6.48 Å². The summed E-state index contributed by atoms with van der Waals surface area (Å²) in [5, 5.41) is 0. The van der Waals surface area contributed by atoms with Gasteiger partial charge in [-0.25, -0.2) is 0 Å². The molecule has 0 aromatic heterocycles. The fourth-order valence-electron chi connectivity index (χ4n) is 1.48. The van der Waals surface area contributed by atoms with E-state index in [1.54, 1.807) is 0 Å². The Kier molecular flexibility index (Phi) is 3.67. The van der Waals surface area contributed by atoms with E-state index < -0.39 is 46.8 Å². The molecule has 1 aliphatic heterocycles. The zero-order chi connectivity index (χ0) is 17.2. The summed E-state index contributed by atoms with van der Waals surface area (Å²) in [6.07, 6.45) is -7.08. The zero-order valence-corrected chi connectivity index (χ0v) is 8.89. The molecular weight excluding hydrogens is 347 g/mol. The van der Waals surface area contributed by atoms with E-state index >= 15 is 0 Å². The molecular formula is C6HF13N2. The third-order valence-corrected chi connectivity index (χ3v) is 2.34. The van der Waals surface area contributed by atoms with Gasteiger partial charge in [0.25, 0.3) is 0 Å². The van der Waals surface area contributed by atoms with Crippen LogP contribution >= 0.6 is 0 Å². The van der Waals surface area contributed by atoms with Gasteiger partial charge in [-0.3, -0.25) is 0 Å². The van der Waals surface area contributed by atoms with Crippen molar-refractivity contribution in [1.29, 1.82) is 0 Å². The summed E-state index contributed by atoms with van der Waals surface area (Å²) in [4.78, 5) is -7.01. The molecule has 1 fully saturated rings. The molecule has 1 heterocycles. The molecule has 0 aliphatic carbocycles. The van der Waals surface area contributed by atoms with E-state index in [9.17, 15) is 57.1 Å². The third-order valence-electron chi connectivity index (χ3n) is 2.34. The van der Waals surface area contributed by atoms with Crippen LogP contribution in [0.5, 0.6) is 0 Å². The number of nitrogens with zero attached hydrogens (tertiary/aromatic N) is 2. The predicted octanol–water partition coefficient (Wildman–Crippen LogP) is 3.72. The van der Waals surface area contributed by atoms with E-state index in [1.807, 2.05) is 0 Å². The second-order valence-electron chi connectivity index (χ2n) is 3.62. The molecule has 2 nitrogen and oxygen atoms in total. The fourth-order valence-corrected chi connectivity index (χ4v) is 1.48. The third kappa shape index (κ3) is 2.11. The van der Waals surface area contributed by atoms with Crippen LogP contribution in [0, 0.1) is 0 Å². The normalized spacial score (nSPS) is 28.9. The van der Waals surface area contributed by atoms with Crippen molar-refractivity contribution >= 4 is 0 Å². The minimum atomic E-state index is -7.09. The summed E-state index contributed by atoms with van der Waals surface area (Å²) in [7, 11) is 0. The maximum absolute atomic E-state index is 12.9. The van der Waals surface area contributed by atoms with Crippen molar-refractivity contribution < 1.29 is 57.1 Å². The van der Waals surface area contributed by atoms with Crippen molar-refractivity contribution in [2.75, 3.05) is 0 Å². The minimum absolute atomic E-state index is 3.26. The molecule has 21 heavy (non-hydrogen) atoms. The molecule has 1 saturated heterocycles. The van der Waals surface area contributed by atoms with Crippen molar-refractivity contribution in [3.05, 3.63) is 0 Å². The van der Waals surface area contributed by atoms with Gasteiger partial charge in [-0.2, -0.15) is 57.1 Å². The van der Waals surface area contributed by atoms with Gasteiger partial charge in [-0.1, -0.05) is 4.90 Å². The maximum atomic E-state index is 12.9. The number of hydrogen-bond acceptors (Lipinski definition) is 2. The Morgan fingerprint density at radius 2 is 0.905 bits per heavy atom. The number of piperazine rings is 1. The highest BCUT2D eigenvalue weighted by Crippen LogP contribution is 2.60. The van der Waals surface area contributed by atoms with Crippen molar-refractivity contribution in [2.45, 2.75) is 37.0 Å². The Labute approximate surface area is 105 Å². The van der Waals surface area contributed by atoms with Crippen LogP contribution in [0.25, 0.3) is 0 Å². The number of alkyl halides is 13. The molecule has 0 spiro atoms. The average Bonchev–Trinajstić information content (AvgIpc) is 2.08. The second-order valence-corrected chi connectivity index (χ2v) is 3.62. The molecule has 15 heteroatoms. The molecule has 0 atom stereocenters. The van der Waals surface area contributed by atoms with Crippen LogP contribution in [0.1, 0.15) is 0 Å². The van der Waals surface area contributed by atoms with Gasteiger partial charge in [0.15, 0.2) is 0 Å². The van der Waals surface area contributed by atoms with Gasteiger partial charge in [0.2, 0.25) is 0 Å². The van der Waals surface area contributed by atoms with Crippen LogP contribution in [0.3, 0.4) is 0 Å². The molecule has 0 aromatic carbocycles. The van der Waals surface area contributed by atoms with Gasteiger partial charge in [0.1, 0.15) is 0 Å². The lowest BCUT2D eigenvalue weighted by atomic mass is 10.2. The van der Waals surface area contributed by atoms with Crippen LogP contribution in [-0.4, -0.2) is 46.8 Å². The van der Waals surface area contributed by atoms with E-state index in [0.717, 1.165) is 0 Å². The maximum Gasteiger partial charge on any atom is 0.469 e. The summed E-state index contributed by atoms with van der Waals surface area (Å²) >= 11 is 0. The standard InChI is InChI=1S/C6HF13N2/c7-1(8)20-2(9,10)4(13,14)21(6(17,18)19)5(15,16)3(20,11)12/h1H. The molecule has 1 rings (SSSR count).